The molecule has 176 valence electrons. The van der Waals surface area contributed by atoms with Gasteiger partial charge in [-0.25, -0.2) is 4.79 Å². The van der Waals surface area contributed by atoms with Crippen LogP contribution >= 0.6 is 0 Å². The van der Waals surface area contributed by atoms with Gasteiger partial charge in [-0.05, 0) is 36.4 Å². The maximum Gasteiger partial charge on any atom is 0.337 e. The van der Waals surface area contributed by atoms with E-state index in [-0.39, 0.29) is 32.6 Å². The molecule has 11 nitrogen and oxygen atoms in total. The second kappa shape index (κ2) is 9.29. The van der Waals surface area contributed by atoms with Crippen molar-refractivity contribution in [3.05, 3.63) is 110 Å². The first-order chi connectivity index (χ1) is 16.7. The fourth-order valence-electron chi connectivity index (χ4n) is 3.34. The summed E-state index contributed by atoms with van der Waals surface area (Å²) in [5, 5.41) is 17.0. The molecule has 4 aromatic rings. The molecule has 0 aliphatic rings. The molecular weight excluding hydrogens is 476 g/mol. The lowest BCUT2D eigenvalue weighted by Gasteiger charge is -2.08. The SMILES string of the molecule is O=C(O)c1ccccc1NN=c1ccc(=O)c(=NNc2cccc3c(S(=O)(=O)O)cccc23)c1=O. The van der Waals surface area contributed by atoms with Crippen molar-refractivity contribution in [3.8, 4) is 0 Å². The van der Waals surface area contributed by atoms with Gasteiger partial charge in [0.15, 0.2) is 5.36 Å². The molecule has 0 heterocycles. The van der Waals surface area contributed by atoms with Gasteiger partial charge in [-0.15, -0.1) is 0 Å². The number of carboxylic acids is 1. The molecule has 0 aromatic heterocycles. The number of nitrogens with zero attached hydrogens (tertiary/aromatic N) is 2. The molecule has 0 bridgehead atoms. The molecule has 0 saturated carbocycles. The lowest BCUT2D eigenvalue weighted by Crippen LogP contribution is -2.48. The van der Waals surface area contributed by atoms with Crippen molar-refractivity contribution in [1.82, 2.24) is 0 Å². The van der Waals surface area contributed by atoms with E-state index in [1.165, 1.54) is 48.5 Å². The number of hydrogen-bond donors (Lipinski definition) is 4. The smallest absolute Gasteiger partial charge is 0.337 e. The molecule has 35 heavy (non-hydrogen) atoms. The molecular formula is C23H16N4O7S. The third-order valence-corrected chi connectivity index (χ3v) is 5.89. The van der Waals surface area contributed by atoms with Gasteiger partial charge in [0.2, 0.25) is 10.9 Å². The Kier molecular flexibility index (Phi) is 6.23. The number of hydrogen-bond acceptors (Lipinski definition) is 9. The summed E-state index contributed by atoms with van der Waals surface area (Å²) >= 11 is 0. The lowest BCUT2D eigenvalue weighted by atomic mass is 10.1. The maximum absolute atomic E-state index is 12.8. The molecule has 0 unspecified atom stereocenters. The van der Waals surface area contributed by atoms with E-state index in [1.807, 2.05) is 0 Å². The van der Waals surface area contributed by atoms with Crippen molar-refractivity contribution >= 4 is 38.2 Å². The van der Waals surface area contributed by atoms with Gasteiger partial charge in [-0.2, -0.15) is 18.6 Å². The quantitative estimate of drug-likeness (QED) is 0.228. The van der Waals surface area contributed by atoms with E-state index in [4.69, 9.17) is 0 Å². The van der Waals surface area contributed by atoms with Gasteiger partial charge in [-0.3, -0.25) is 25.0 Å². The predicted octanol–water partition coefficient (Wildman–Crippen LogP) is 1.24. The van der Waals surface area contributed by atoms with Crippen LogP contribution in [0.25, 0.3) is 10.8 Å². The molecule has 0 amide bonds. The topological polar surface area (TPSA) is 175 Å². The van der Waals surface area contributed by atoms with Gasteiger partial charge in [0.1, 0.15) is 10.3 Å². The Morgan fingerprint density at radius 1 is 0.771 bits per heavy atom. The zero-order chi connectivity index (χ0) is 25.2. The Morgan fingerprint density at radius 3 is 2.17 bits per heavy atom. The van der Waals surface area contributed by atoms with E-state index in [2.05, 4.69) is 21.1 Å². The molecule has 12 heteroatoms. The first kappa shape index (κ1) is 23.5. The summed E-state index contributed by atoms with van der Waals surface area (Å²) in [6.45, 7) is 0. The molecule has 4 N–H and O–H groups in total. The minimum Gasteiger partial charge on any atom is -0.478 e. The summed E-state index contributed by atoms with van der Waals surface area (Å²) in [5.41, 5.74) is 3.98. The van der Waals surface area contributed by atoms with Crippen LogP contribution in [0.1, 0.15) is 10.4 Å². The molecule has 4 rings (SSSR count). The Morgan fingerprint density at radius 2 is 1.43 bits per heavy atom. The fraction of sp³-hybridized carbons (Fsp3) is 0. The van der Waals surface area contributed by atoms with Gasteiger partial charge in [-0.1, -0.05) is 36.4 Å². The van der Waals surface area contributed by atoms with Gasteiger partial charge < -0.3 is 5.11 Å². The van der Waals surface area contributed by atoms with Crippen LogP contribution in [0.15, 0.2) is 97.5 Å². The van der Waals surface area contributed by atoms with E-state index in [0.717, 1.165) is 6.07 Å². The number of fused-ring (bicyclic) bond motifs is 1. The number of benzene rings is 4. The monoisotopic (exact) mass is 492 g/mol. The second-order valence-electron chi connectivity index (χ2n) is 7.19. The molecule has 0 spiro atoms. The number of rotatable bonds is 6. The van der Waals surface area contributed by atoms with Crippen LogP contribution in [0, 0.1) is 0 Å². The van der Waals surface area contributed by atoms with Gasteiger partial charge >= 0.3 is 5.97 Å². The number of carboxylic acid groups (broad SMARTS) is 1. The molecule has 0 aliphatic heterocycles. The average molecular weight is 492 g/mol. The Labute approximate surface area is 196 Å². The summed E-state index contributed by atoms with van der Waals surface area (Å²) in [7, 11) is -4.48. The van der Waals surface area contributed by atoms with Gasteiger partial charge in [0, 0.05) is 10.8 Å². The zero-order valence-corrected chi connectivity index (χ0v) is 18.5. The third-order valence-electron chi connectivity index (χ3n) is 4.98. The Bertz CT molecular complexity index is 1810. The van der Waals surface area contributed by atoms with Crippen LogP contribution < -0.4 is 32.4 Å². The Balaban J connectivity index is 1.76. The molecule has 0 aliphatic carbocycles. The first-order valence-electron chi connectivity index (χ1n) is 9.93. The van der Waals surface area contributed by atoms with Crippen LogP contribution in [0.3, 0.4) is 0 Å². The number of anilines is 2. The summed E-state index contributed by atoms with van der Waals surface area (Å²) in [6, 6.07) is 17.0. The highest BCUT2D eigenvalue weighted by Crippen LogP contribution is 2.28. The minimum atomic E-state index is -4.48. The number of para-hydroxylation sites is 1. The van der Waals surface area contributed by atoms with Crippen molar-refractivity contribution in [2.24, 2.45) is 10.2 Å². The minimum absolute atomic E-state index is 0.0593. The largest absolute Gasteiger partial charge is 0.478 e. The second-order valence-corrected chi connectivity index (χ2v) is 8.58. The third kappa shape index (κ3) is 4.83. The molecule has 0 radical (unpaired) electrons. The highest BCUT2D eigenvalue weighted by atomic mass is 32.2. The van der Waals surface area contributed by atoms with Crippen LogP contribution in [-0.2, 0) is 10.1 Å². The standard InChI is InChI=1S/C23H16N4O7S/c28-19-12-11-18(26-24-17-8-2-1-5-15(17)23(30)31)22(29)21(19)27-25-16-9-3-7-14-13(16)6-4-10-20(14)35(32,33)34/h1-12,24-25H,(H,30,31)(H,32,33,34). The van der Waals surface area contributed by atoms with Crippen molar-refractivity contribution in [1.29, 1.82) is 0 Å². The van der Waals surface area contributed by atoms with E-state index in [0.29, 0.717) is 5.39 Å². The van der Waals surface area contributed by atoms with Crippen molar-refractivity contribution in [3.63, 3.8) is 0 Å². The van der Waals surface area contributed by atoms with Gasteiger partial charge in [0.25, 0.3) is 10.1 Å². The van der Waals surface area contributed by atoms with E-state index < -0.39 is 32.3 Å². The normalized spacial score (nSPS) is 12.6. The predicted molar refractivity (Wildman–Crippen MR) is 127 cm³/mol. The van der Waals surface area contributed by atoms with Crippen LogP contribution in [0.2, 0.25) is 0 Å². The van der Waals surface area contributed by atoms with E-state index >= 15 is 0 Å². The Hall–Kier alpha value is -4.68. The molecule has 4 aromatic carbocycles. The van der Waals surface area contributed by atoms with Crippen molar-refractivity contribution in [2.75, 3.05) is 10.9 Å². The summed E-state index contributed by atoms with van der Waals surface area (Å²) < 4.78 is 32.8. The van der Waals surface area contributed by atoms with Crippen molar-refractivity contribution in [2.45, 2.75) is 4.90 Å². The highest BCUT2D eigenvalue weighted by molar-refractivity contribution is 7.86. The van der Waals surface area contributed by atoms with Crippen LogP contribution in [0.4, 0.5) is 11.4 Å². The summed E-state index contributed by atoms with van der Waals surface area (Å²) in [6.07, 6.45) is 0. The first-order valence-corrected chi connectivity index (χ1v) is 11.4. The molecule has 0 fully saturated rings. The highest BCUT2D eigenvalue weighted by Gasteiger charge is 2.15. The van der Waals surface area contributed by atoms with Crippen LogP contribution in [0.5, 0.6) is 0 Å². The van der Waals surface area contributed by atoms with E-state index in [9.17, 15) is 32.5 Å². The average Bonchev–Trinajstić information content (AvgIpc) is 2.82. The summed E-state index contributed by atoms with van der Waals surface area (Å²) in [5.74, 6) is -1.19. The van der Waals surface area contributed by atoms with Gasteiger partial charge in [0.05, 0.1) is 16.9 Å². The van der Waals surface area contributed by atoms with Crippen molar-refractivity contribution < 1.29 is 22.9 Å². The zero-order valence-electron chi connectivity index (χ0n) is 17.7. The lowest BCUT2D eigenvalue weighted by molar-refractivity contribution is 0.0698. The number of carbonyl (C=O) groups is 1. The van der Waals surface area contributed by atoms with E-state index in [1.54, 1.807) is 18.2 Å². The molecule has 0 saturated heterocycles. The summed E-state index contributed by atoms with van der Waals surface area (Å²) in [4.78, 5) is 36.1. The van der Waals surface area contributed by atoms with Crippen LogP contribution in [-0.4, -0.2) is 24.0 Å². The number of nitrogens with one attached hydrogen (secondary N) is 2. The number of aromatic carboxylic acids is 1. The molecule has 0 atom stereocenters. The fourth-order valence-corrected chi connectivity index (χ4v) is 4.05. The maximum atomic E-state index is 12.8.